The van der Waals surface area contributed by atoms with Crippen molar-refractivity contribution in [3.8, 4) is 0 Å². The van der Waals surface area contributed by atoms with Gasteiger partial charge in [0.15, 0.2) is 0 Å². The summed E-state index contributed by atoms with van der Waals surface area (Å²) >= 11 is 0. The fourth-order valence-electron chi connectivity index (χ4n) is 8.86. The lowest BCUT2D eigenvalue weighted by Gasteiger charge is -2.27. The van der Waals surface area contributed by atoms with E-state index in [1.54, 1.807) is 45.9 Å². The van der Waals surface area contributed by atoms with Crippen LogP contribution in [0.2, 0.25) is 0 Å². The van der Waals surface area contributed by atoms with Crippen LogP contribution in [0.15, 0.2) is 47.6 Å². The molecule has 0 spiro atoms. The predicted octanol–water partition coefficient (Wildman–Crippen LogP) is 6.29. The zero-order chi connectivity index (χ0) is 51.0. The van der Waals surface area contributed by atoms with Gasteiger partial charge < -0.3 is 66.0 Å². The summed E-state index contributed by atoms with van der Waals surface area (Å²) in [5, 5.41) is 127. The Kier molecular flexibility index (Phi) is 35.5. The molecule has 0 aliphatic carbocycles. The summed E-state index contributed by atoms with van der Waals surface area (Å²) in [5.41, 5.74) is 1.25. The number of aliphatic hydroxyl groups excluding tert-OH is 12. The molecule has 1 aliphatic heterocycles. The number of ether oxygens (including phenoxy) is 1. The van der Waals surface area contributed by atoms with E-state index >= 15 is 0 Å². The van der Waals surface area contributed by atoms with Crippen LogP contribution < -0.4 is 0 Å². The van der Waals surface area contributed by atoms with E-state index in [1.165, 1.54) is 6.08 Å². The Morgan fingerprint density at radius 3 is 1.68 bits per heavy atom. The molecule has 1 aliphatic rings. The van der Waals surface area contributed by atoms with Gasteiger partial charge in [-0.15, -0.1) is 0 Å². The van der Waals surface area contributed by atoms with Crippen molar-refractivity contribution in [1.82, 2.24) is 0 Å². The highest BCUT2D eigenvalue weighted by Gasteiger charge is 2.29. The average molecular weight is 971 g/mol. The van der Waals surface area contributed by atoms with Crippen LogP contribution in [0.4, 0.5) is 0 Å². The molecule has 0 saturated carbocycles. The highest BCUT2D eigenvalue weighted by Crippen LogP contribution is 2.25. The summed E-state index contributed by atoms with van der Waals surface area (Å²) in [7, 11) is 0. The van der Waals surface area contributed by atoms with Crippen LogP contribution in [-0.4, -0.2) is 147 Å². The summed E-state index contributed by atoms with van der Waals surface area (Å²) < 4.78 is 5.90. The van der Waals surface area contributed by atoms with Crippen molar-refractivity contribution in [3.63, 3.8) is 0 Å². The maximum Gasteiger partial charge on any atom is 0.331 e. The number of hydrogen-bond acceptors (Lipinski definition) is 14. The molecule has 12 N–H and O–H groups in total. The Bertz CT molecular complexity index is 1400. The molecule has 1 heterocycles. The number of rotatable bonds is 8. The van der Waals surface area contributed by atoms with Gasteiger partial charge in [0, 0.05) is 24.3 Å². The van der Waals surface area contributed by atoms with Crippen LogP contribution in [0, 0.1) is 11.8 Å². The van der Waals surface area contributed by atoms with Gasteiger partial charge in [-0.25, -0.2) is 4.79 Å². The number of hydrogen-bond donors (Lipinski definition) is 12. The molecule has 0 saturated heterocycles. The van der Waals surface area contributed by atoms with Crippen molar-refractivity contribution in [2.75, 3.05) is 0 Å². The number of aliphatic hydroxyl groups is 12. The van der Waals surface area contributed by atoms with E-state index in [2.05, 4.69) is 6.08 Å². The van der Waals surface area contributed by atoms with Crippen molar-refractivity contribution in [2.45, 2.75) is 274 Å². The highest BCUT2D eigenvalue weighted by atomic mass is 16.5. The van der Waals surface area contributed by atoms with Gasteiger partial charge in [-0.1, -0.05) is 88.3 Å². The molecular formula is C54H98O14. The van der Waals surface area contributed by atoms with Crippen molar-refractivity contribution < 1.29 is 70.8 Å². The second-order valence-electron chi connectivity index (χ2n) is 20.4. The number of carbonyl (C=O) groups is 1. The number of unbranched alkanes of at least 4 members (excludes halogenated alkanes) is 2. The minimum atomic E-state index is -1.14. The zero-order valence-electron chi connectivity index (χ0n) is 42.5. The standard InChI is InChI=1S/C54H98O14/c1-37-26-29-45(59)32-46(60)33-47(61)34-48(62)35-49(63)36-51(65)41(5)54(67)38(2)28-30-44(58)23-17-22-43(57)21-16-20-42(56)19-13-9-7-6-8-10-15-25-52(68-53(66)31-27-37)40(4)50(64)24-14-11-12-18-39(3)55/h10,15,26-28,31,39-52,54-65,67H,6-9,11-14,16-25,29-30,32-36H2,1-5H3/t39-,40+,41-,42-,43-,44-,45+,46-,47+,48-,49+,50-,51-,52+,54-/m1/s1. The molecule has 14 nitrogen and oxygen atoms in total. The Labute approximate surface area is 409 Å². The fraction of sp³-hybridized carbons (Fsp3) is 0.833. The van der Waals surface area contributed by atoms with Gasteiger partial charge in [0.25, 0.3) is 0 Å². The Morgan fingerprint density at radius 2 is 1.07 bits per heavy atom. The van der Waals surface area contributed by atoms with E-state index in [9.17, 15) is 66.1 Å². The normalized spacial score (nSPS) is 33.4. The molecule has 14 heteroatoms. The van der Waals surface area contributed by atoms with Crippen LogP contribution in [0.5, 0.6) is 0 Å². The quantitative estimate of drug-likeness (QED) is 0.0725. The third-order valence-corrected chi connectivity index (χ3v) is 13.6. The molecule has 0 fully saturated rings. The molecule has 0 aromatic rings. The number of cyclic esters (lactones) is 1. The molecule has 0 unspecified atom stereocenters. The largest absolute Gasteiger partial charge is 0.458 e. The molecule has 15 atom stereocenters. The second-order valence-corrected chi connectivity index (χ2v) is 20.4. The van der Waals surface area contributed by atoms with E-state index in [4.69, 9.17) is 4.74 Å². The first kappa shape index (κ1) is 64.0. The van der Waals surface area contributed by atoms with Crippen molar-refractivity contribution in [3.05, 3.63) is 47.6 Å². The Balaban J connectivity index is 2.99. The zero-order valence-corrected chi connectivity index (χ0v) is 42.5. The van der Waals surface area contributed by atoms with Gasteiger partial charge in [0.2, 0.25) is 0 Å². The van der Waals surface area contributed by atoms with Crippen LogP contribution in [0.1, 0.15) is 195 Å². The number of carbonyl (C=O) groups excluding carboxylic acids is 1. The molecule has 0 amide bonds. The van der Waals surface area contributed by atoms with E-state index in [0.29, 0.717) is 81.8 Å². The highest BCUT2D eigenvalue weighted by molar-refractivity contribution is 5.82. The number of esters is 1. The predicted molar refractivity (Wildman–Crippen MR) is 267 cm³/mol. The average Bonchev–Trinajstić information content (AvgIpc) is 3.26. The van der Waals surface area contributed by atoms with E-state index in [1.807, 2.05) is 13.0 Å². The molecule has 0 radical (unpaired) electrons. The maximum absolute atomic E-state index is 13.1. The van der Waals surface area contributed by atoms with Gasteiger partial charge in [-0.2, -0.15) is 0 Å². The summed E-state index contributed by atoms with van der Waals surface area (Å²) in [5.74, 6) is -1.55. The summed E-state index contributed by atoms with van der Waals surface area (Å²) in [6.07, 6.45) is 12.7. The number of allylic oxidation sites excluding steroid dienone is 3. The van der Waals surface area contributed by atoms with Crippen LogP contribution in [-0.2, 0) is 9.53 Å². The van der Waals surface area contributed by atoms with Crippen LogP contribution in [0.25, 0.3) is 0 Å². The van der Waals surface area contributed by atoms with E-state index < -0.39 is 85.1 Å². The molecular weight excluding hydrogens is 873 g/mol. The van der Waals surface area contributed by atoms with E-state index in [-0.39, 0.29) is 50.5 Å². The first-order chi connectivity index (χ1) is 32.2. The van der Waals surface area contributed by atoms with Gasteiger partial charge in [-0.3, -0.25) is 0 Å². The third kappa shape index (κ3) is 32.0. The lowest BCUT2D eigenvalue weighted by molar-refractivity contribution is -0.147. The summed E-state index contributed by atoms with van der Waals surface area (Å²) in [6.45, 7) is 8.77. The lowest BCUT2D eigenvalue weighted by Crippen LogP contribution is -2.34. The minimum absolute atomic E-state index is 0.0468. The van der Waals surface area contributed by atoms with Gasteiger partial charge >= 0.3 is 5.97 Å². The lowest BCUT2D eigenvalue weighted by atomic mass is 9.88. The smallest absolute Gasteiger partial charge is 0.331 e. The molecule has 68 heavy (non-hydrogen) atoms. The molecule has 398 valence electrons. The Hall–Kier alpha value is -2.05. The SMILES string of the molecule is CC1=CC[C@H](O)C[C@@H](O)C[C@H](O)C[C@@H](O)C[C@H](O)C[C@@H](O)[C@@H](C)[C@H](O)C(C)=CC[C@H](O)CCC[C@H](O)CCC[C@H](O)CCCCCCC=CC[C@@H]([C@@H](C)[C@H](O)CCCCC[C@@H](C)O)OC(=O)C=C1. The van der Waals surface area contributed by atoms with Gasteiger partial charge in [0.05, 0.1) is 73.2 Å². The van der Waals surface area contributed by atoms with E-state index in [0.717, 1.165) is 51.4 Å². The second kappa shape index (κ2) is 37.7. The van der Waals surface area contributed by atoms with Crippen LogP contribution in [0.3, 0.4) is 0 Å². The fourth-order valence-corrected chi connectivity index (χ4v) is 8.86. The summed E-state index contributed by atoms with van der Waals surface area (Å²) in [4.78, 5) is 13.1. The third-order valence-electron chi connectivity index (χ3n) is 13.6. The Morgan fingerprint density at radius 1 is 0.559 bits per heavy atom. The first-order valence-corrected chi connectivity index (χ1v) is 26.2. The van der Waals surface area contributed by atoms with Gasteiger partial charge in [0.1, 0.15) is 6.10 Å². The van der Waals surface area contributed by atoms with Gasteiger partial charge in [-0.05, 0) is 142 Å². The monoisotopic (exact) mass is 971 g/mol. The maximum atomic E-state index is 13.1. The van der Waals surface area contributed by atoms with Crippen molar-refractivity contribution in [2.24, 2.45) is 11.8 Å². The molecule has 0 aromatic heterocycles. The van der Waals surface area contributed by atoms with Crippen LogP contribution >= 0.6 is 0 Å². The first-order valence-electron chi connectivity index (χ1n) is 26.2. The van der Waals surface area contributed by atoms with Crippen molar-refractivity contribution >= 4 is 5.97 Å². The summed E-state index contributed by atoms with van der Waals surface area (Å²) in [6, 6.07) is 0. The molecule has 1 rings (SSSR count). The minimum Gasteiger partial charge on any atom is -0.458 e. The molecule has 0 bridgehead atoms. The molecule has 0 aromatic carbocycles. The topological polar surface area (TPSA) is 269 Å². The van der Waals surface area contributed by atoms with Crippen molar-refractivity contribution in [1.29, 1.82) is 0 Å².